The van der Waals surface area contributed by atoms with Crippen molar-refractivity contribution in [1.29, 1.82) is 0 Å². The largest absolute Gasteiger partial charge is 0.495 e. The number of benzene rings is 2. The highest BCUT2D eigenvalue weighted by molar-refractivity contribution is 7.89. The van der Waals surface area contributed by atoms with Gasteiger partial charge in [-0.2, -0.15) is 4.72 Å². The SMILES string of the molecule is COc1ccc(S(=O)(=O)N[C@H](C)C(=O)N(C)Cc2ccccc2)cc1Cl. The Morgan fingerprint density at radius 3 is 2.46 bits per heavy atom. The van der Waals surface area contributed by atoms with Gasteiger partial charge < -0.3 is 9.64 Å². The second-order valence-electron chi connectivity index (χ2n) is 5.82. The summed E-state index contributed by atoms with van der Waals surface area (Å²) in [6.45, 7) is 1.90. The van der Waals surface area contributed by atoms with Crippen molar-refractivity contribution in [3.63, 3.8) is 0 Å². The number of ether oxygens (including phenoxy) is 1. The molecule has 0 unspecified atom stereocenters. The zero-order chi connectivity index (χ0) is 19.3. The Bertz CT molecular complexity index is 872. The molecule has 0 saturated heterocycles. The second kappa shape index (κ2) is 8.53. The molecule has 0 aliphatic carbocycles. The smallest absolute Gasteiger partial charge is 0.241 e. The second-order valence-corrected chi connectivity index (χ2v) is 7.94. The number of methoxy groups -OCH3 is 1. The van der Waals surface area contributed by atoms with E-state index in [0.717, 1.165) is 5.56 Å². The first kappa shape index (κ1) is 20.2. The van der Waals surface area contributed by atoms with Gasteiger partial charge in [-0.05, 0) is 30.7 Å². The molecule has 8 heteroatoms. The first-order chi connectivity index (χ1) is 12.2. The number of hydrogen-bond donors (Lipinski definition) is 1. The molecule has 1 amide bonds. The van der Waals surface area contributed by atoms with Crippen LogP contribution in [0, 0.1) is 0 Å². The number of amides is 1. The predicted octanol–water partition coefficient (Wildman–Crippen LogP) is 2.67. The van der Waals surface area contributed by atoms with E-state index in [-0.39, 0.29) is 15.8 Å². The van der Waals surface area contributed by atoms with Crippen molar-refractivity contribution in [2.45, 2.75) is 24.4 Å². The van der Waals surface area contributed by atoms with Gasteiger partial charge in [-0.15, -0.1) is 0 Å². The van der Waals surface area contributed by atoms with Gasteiger partial charge in [-0.3, -0.25) is 4.79 Å². The molecule has 0 heterocycles. The third-order valence-electron chi connectivity index (χ3n) is 3.77. The van der Waals surface area contributed by atoms with Gasteiger partial charge in [-0.1, -0.05) is 41.9 Å². The predicted molar refractivity (Wildman–Crippen MR) is 101 cm³/mol. The maximum Gasteiger partial charge on any atom is 0.241 e. The fourth-order valence-electron chi connectivity index (χ4n) is 2.43. The zero-order valence-electron chi connectivity index (χ0n) is 14.8. The van der Waals surface area contributed by atoms with Gasteiger partial charge in [0.1, 0.15) is 5.75 Å². The van der Waals surface area contributed by atoms with E-state index in [1.165, 1.54) is 37.1 Å². The molecule has 6 nitrogen and oxygen atoms in total. The van der Waals surface area contributed by atoms with Crippen molar-refractivity contribution in [1.82, 2.24) is 9.62 Å². The highest BCUT2D eigenvalue weighted by Crippen LogP contribution is 2.26. The third kappa shape index (κ3) is 4.97. The Balaban J connectivity index is 2.08. The van der Waals surface area contributed by atoms with Crippen molar-refractivity contribution in [2.75, 3.05) is 14.2 Å². The van der Waals surface area contributed by atoms with Crippen LogP contribution in [-0.4, -0.2) is 39.4 Å². The minimum atomic E-state index is -3.90. The van der Waals surface area contributed by atoms with Crippen LogP contribution in [0.5, 0.6) is 5.75 Å². The lowest BCUT2D eigenvalue weighted by Crippen LogP contribution is -2.45. The van der Waals surface area contributed by atoms with Crippen LogP contribution >= 0.6 is 11.6 Å². The van der Waals surface area contributed by atoms with Crippen LogP contribution in [0.4, 0.5) is 0 Å². The summed E-state index contributed by atoms with van der Waals surface area (Å²) in [4.78, 5) is 13.9. The van der Waals surface area contributed by atoms with Crippen LogP contribution in [0.25, 0.3) is 0 Å². The maximum atomic E-state index is 12.5. The summed E-state index contributed by atoms with van der Waals surface area (Å²) in [7, 11) is -0.825. The van der Waals surface area contributed by atoms with E-state index < -0.39 is 16.1 Å². The van der Waals surface area contributed by atoms with Crippen LogP contribution in [-0.2, 0) is 21.4 Å². The van der Waals surface area contributed by atoms with Crippen molar-refractivity contribution in [3.8, 4) is 5.75 Å². The van der Waals surface area contributed by atoms with Gasteiger partial charge in [0.15, 0.2) is 0 Å². The van der Waals surface area contributed by atoms with Crippen LogP contribution in [0.2, 0.25) is 5.02 Å². The van der Waals surface area contributed by atoms with E-state index in [1.54, 1.807) is 7.05 Å². The molecule has 1 N–H and O–H groups in total. The molecule has 26 heavy (non-hydrogen) atoms. The number of sulfonamides is 1. The lowest BCUT2D eigenvalue weighted by atomic mass is 10.2. The maximum absolute atomic E-state index is 12.5. The molecule has 0 spiro atoms. The van der Waals surface area contributed by atoms with Gasteiger partial charge in [0.25, 0.3) is 0 Å². The molecule has 2 aromatic carbocycles. The van der Waals surface area contributed by atoms with Crippen LogP contribution in [0.3, 0.4) is 0 Å². The Morgan fingerprint density at radius 1 is 1.23 bits per heavy atom. The number of halogens is 1. The van der Waals surface area contributed by atoms with Crippen molar-refractivity contribution < 1.29 is 17.9 Å². The Kier molecular flexibility index (Phi) is 6.63. The monoisotopic (exact) mass is 396 g/mol. The van der Waals surface area contributed by atoms with E-state index in [2.05, 4.69) is 4.72 Å². The van der Waals surface area contributed by atoms with E-state index in [4.69, 9.17) is 16.3 Å². The zero-order valence-corrected chi connectivity index (χ0v) is 16.3. The summed E-state index contributed by atoms with van der Waals surface area (Å²) in [6.07, 6.45) is 0. The fraction of sp³-hybridized carbons (Fsp3) is 0.278. The summed E-state index contributed by atoms with van der Waals surface area (Å²) in [5.74, 6) is 0.0365. The van der Waals surface area contributed by atoms with E-state index in [9.17, 15) is 13.2 Å². The highest BCUT2D eigenvalue weighted by atomic mass is 35.5. The van der Waals surface area contributed by atoms with Gasteiger partial charge >= 0.3 is 0 Å². The molecule has 2 rings (SSSR count). The molecule has 140 valence electrons. The van der Waals surface area contributed by atoms with Gasteiger partial charge in [0, 0.05) is 13.6 Å². The molecular formula is C18H21ClN2O4S. The highest BCUT2D eigenvalue weighted by Gasteiger charge is 2.25. The summed E-state index contributed by atoms with van der Waals surface area (Å²) in [6, 6.07) is 12.7. The normalized spacial score (nSPS) is 12.5. The van der Waals surface area contributed by atoms with E-state index >= 15 is 0 Å². The number of likely N-dealkylation sites (N-methyl/N-ethyl adjacent to an activating group) is 1. The average molecular weight is 397 g/mol. The fourth-order valence-corrected chi connectivity index (χ4v) is 3.98. The summed E-state index contributed by atoms with van der Waals surface area (Å²) in [5, 5.41) is 0.176. The van der Waals surface area contributed by atoms with Crippen molar-refractivity contribution in [3.05, 3.63) is 59.1 Å². The molecule has 0 saturated carbocycles. The molecule has 0 fully saturated rings. The van der Waals surface area contributed by atoms with Crippen molar-refractivity contribution in [2.24, 2.45) is 0 Å². The number of carbonyl (C=O) groups is 1. The van der Waals surface area contributed by atoms with Gasteiger partial charge in [0.05, 0.1) is 23.1 Å². The van der Waals surface area contributed by atoms with E-state index in [1.807, 2.05) is 30.3 Å². The van der Waals surface area contributed by atoms with E-state index in [0.29, 0.717) is 12.3 Å². The molecule has 0 bridgehead atoms. The number of nitrogens with one attached hydrogen (secondary N) is 1. The number of rotatable bonds is 7. The lowest BCUT2D eigenvalue weighted by Gasteiger charge is -2.22. The Morgan fingerprint density at radius 2 is 1.88 bits per heavy atom. The topological polar surface area (TPSA) is 75.7 Å². The first-order valence-electron chi connectivity index (χ1n) is 7.89. The Labute approximate surface area is 158 Å². The first-order valence-corrected chi connectivity index (χ1v) is 9.75. The van der Waals surface area contributed by atoms with Crippen LogP contribution in [0.15, 0.2) is 53.4 Å². The number of nitrogens with zero attached hydrogens (tertiary/aromatic N) is 1. The minimum absolute atomic E-state index is 0.0336. The lowest BCUT2D eigenvalue weighted by molar-refractivity contribution is -0.131. The number of carbonyl (C=O) groups excluding carboxylic acids is 1. The third-order valence-corrected chi connectivity index (χ3v) is 5.61. The average Bonchev–Trinajstić information content (AvgIpc) is 2.61. The molecule has 2 aromatic rings. The summed E-state index contributed by atoms with van der Waals surface area (Å²) >= 11 is 5.98. The molecule has 0 aromatic heterocycles. The Hall–Kier alpha value is -2.09. The van der Waals surface area contributed by atoms with Crippen molar-refractivity contribution >= 4 is 27.5 Å². The molecular weight excluding hydrogens is 376 g/mol. The number of hydrogen-bond acceptors (Lipinski definition) is 4. The molecule has 1 atom stereocenters. The molecule has 0 radical (unpaired) electrons. The van der Waals surface area contributed by atoms with Crippen LogP contribution < -0.4 is 9.46 Å². The minimum Gasteiger partial charge on any atom is -0.495 e. The standard InChI is InChI=1S/C18H21ClN2O4S/c1-13(18(22)21(2)12-14-7-5-4-6-8-14)20-26(23,24)15-9-10-17(25-3)16(19)11-15/h4-11,13,20H,12H2,1-3H3/t13-/m1/s1. The summed E-state index contributed by atoms with van der Waals surface area (Å²) < 4.78 is 32.4. The molecule has 0 aliphatic rings. The summed E-state index contributed by atoms with van der Waals surface area (Å²) in [5.41, 5.74) is 0.959. The van der Waals surface area contributed by atoms with Gasteiger partial charge in [0.2, 0.25) is 15.9 Å². The quantitative estimate of drug-likeness (QED) is 0.780. The van der Waals surface area contributed by atoms with Gasteiger partial charge in [-0.25, -0.2) is 8.42 Å². The molecule has 0 aliphatic heterocycles. The van der Waals surface area contributed by atoms with Crippen LogP contribution in [0.1, 0.15) is 12.5 Å².